The van der Waals surface area contributed by atoms with Crippen LogP contribution in [0.3, 0.4) is 0 Å². The summed E-state index contributed by atoms with van der Waals surface area (Å²) in [4.78, 5) is 15.3. The molecule has 6 bridgehead atoms. The molecule has 0 saturated heterocycles. The minimum atomic E-state index is 0.0537. The number of pyridine rings is 3. The van der Waals surface area contributed by atoms with Crippen LogP contribution < -0.4 is 0 Å². The molecular formula is C31H41N3. The highest BCUT2D eigenvalue weighted by atomic mass is 14.8. The summed E-state index contributed by atoms with van der Waals surface area (Å²) in [5.41, 5.74) is 10.9. The summed E-state index contributed by atoms with van der Waals surface area (Å²) in [5, 5.41) is 0. The number of fused-ring (bicyclic) bond motifs is 6. The zero-order chi connectivity index (χ0) is 24.9. The van der Waals surface area contributed by atoms with E-state index in [2.05, 4.69) is 98.7 Å². The molecule has 0 aromatic carbocycles. The Morgan fingerprint density at radius 2 is 0.647 bits per heavy atom. The van der Waals surface area contributed by atoms with Gasteiger partial charge in [-0.15, -0.1) is 0 Å². The number of hydrogen-bond donors (Lipinski definition) is 0. The van der Waals surface area contributed by atoms with E-state index in [9.17, 15) is 0 Å². The molecule has 0 amide bonds. The predicted octanol–water partition coefficient (Wildman–Crippen LogP) is 7.04. The Morgan fingerprint density at radius 3 is 0.912 bits per heavy atom. The SMILES string of the molecule is CC(C)(C)c1cc2nc(c1)Cc1cc(C(C)(C)C)cc(n1)Cc1cc(C(C)(C)C)cc(n1)CC2. The third kappa shape index (κ3) is 5.74. The van der Waals surface area contributed by atoms with Gasteiger partial charge in [0.05, 0.1) is 0 Å². The Labute approximate surface area is 206 Å². The number of aryl methyl sites for hydroxylation is 2. The second kappa shape index (κ2) is 8.59. The van der Waals surface area contributed by atoms with Crippen molar-refractivity contribution in [2.75, 3.05) is 0 Å². The quantitative estimate of drug-likeness (QED) is 0.365. The summed E-state index contributed by atoms with van der Waals surface area (Å²) in [6, 6.07) is 13.7. The van der Waals surface area contributed by atoms with Crippen molar-refractivity contribution in [2.45, 2.75) is 104 Å². The van der Waals surface area contributed by atoms with Gasteiger partial charge < -0.3 is 0 Å². The van der Waals surface area contributed by atoms with E-state index in [1.54, 1.807) is 0 Å². The smallest absolute Gasteiger partial charge is 0.0469 e. The molecule has 3 heteroatoms. The van der Waals surface area contributed by atoms with E-state index in [0.29, 0.717) is 0 Å². The van der Waals surface area contributed by atoms with Crippen molar-refractivity contribution in [1.29, 1.82) is 0 Å². The summed E-state index contributed by atoms with van der Waals surface area (Å²) >= 11 is 0. The van der Waals surface area contributed by atoms with Gasteiger partial charge in [0.1, 0.15) is 0 Å². The van der Waals surface area contributed by atoms with Gasteiger partial charge >= 0.3 is 0 Å². The average Bonchev–Trinajstić information content (AvgIpc) is 2.69. The van der Waals surface area contributed by atoms with Crippen LogP contribution in [-0.4, -0.2) is 15.0 Å². The lowest BCUT2D eigenvalue weighted by Gasteiger charge is -2.22. The molecule has 4 heterocycles. The molecule has 1 aliphatic rings. The lowest BCUT2D eigenvalue weighted by atomic mass is 9.85. The van der Waals surface area contributed by atoms with Gasteiger partial charge in [-0.3, -0.25) is 15.0 Å². The maximum Gasteiger partial charge on any atom is 0.0469 e. The van der Waals surface area contributed by atoms with Gasteiger partial charge in [-0.1, -0.05) is 62.3 Å². The third-order valence-corrected chi connectivity index (χ3v) is 6.75. The normalized spacial score (nSPS) is 14.7. The third-order valence-electron chi connectivity index (χ3n) is 6.75. The first-order valence-corrected chi connectivity index (χ1v) is 12.7. The highest BCUT2D eigenvalue weighted by Crippen LogP contribution is 2.29. The summed E-state index contributed by atoms with van der Waals surface area (Å²) in [6.45, 7) is 20.5. The summed E-state index contributed by atoms with van der Waals surface area (Å²) in [5.74, 6) is 0. The largest absolute Gasteiger partial charge is 0.257 e. The maximum absolute atomic E-state index is 5.12. The van der Waals surface area contributed by atoms with E-state index in [-0.39, 0.29) is 16.2 Å². The topological polar surface area (TPSA) is 38.7 Å². The molecule has 1 aliphatic heterocycles. The Bertz CT molecular complexity index is 1120. The van der Waals surface area contributed by atoms with Crippen LogP contribution in [0.4, 0.5) is 0 Å². The van der Waals surface area contributed by atoms with Gasteiger partial charge in [0.2, 0.25) is 0 Å². The van der Waals surface area contributed by atoms with Crippen LogP contribution in [0, 0.1) is 0 Å². The minimum absolute atomic E-state index is 0.0537. The Balaban J connectivity index is 1.92. The molecule has 0 spiro atoms. The van der Waals surface area contributed by atoms with Gasteiger partial charge in [0, 0.05) is 47.0 Å². The Hall–Kier alpha value is -2.55. The number of hydrogen-bond acceptors (Lipinski definition) is 3. The highest BCUT2D eigenvalue weighted by Gasteiger charge is 2.21. The fourth-order valence-electron chi connectivity index (χ4n) is 4.49. The number of aromatic nitrogens is 3. The zero-order valence-electron chi connectivity index (χ0n) is 22.6. The molecule has 0 saturated carbocycles. The summed E-state index contributed by atoms with van der Waals surface area (Å²) < 4.78 is 0. The van der Waals surface area contributed by atoms with E-state index >= 15 is 0 Å². The van der Waals surface area contributed by atoms with Crippen LogP contribution >= 0.6 is 0 Å². The van der Waals surface area contributed by atoms with Crippen molar-refractivity contribution in [3.63, 3.8) is 0 Å². The molecule has 180 valence electrons. The maximum atomic E-state index is 5.12. The molecule has 0 aliphatic carbocycles. The summed E-state index contributed by atoms with van der Waals surface area (Å²) in [7, 11) is 0. The zero-order valence-corrected chi connectivity index (χ0v) is 22.6. The highest BCUT2D eigenvalue weighted by molar-refractivity contribution is 5.36. The molecule has 4 rings (SSSR count). The molecule has 3 aromatic heterocycles. The molecule has 3 nitrogen and oxygen atoms in total. The van der Waals surface area contributed by atoms with Crippen molar-refractivity contribution in [3.05, 3.63) is 87.3 Å². The van der Waals surface area contributed by atoms with Crippen LogP contribution in [0.1, 0.15) is 113 Å². The number of nitrogens with zero attached hydrogens (tertiary/aromatic N) is 3. The van der Waals surface area contributed by atoms with Gasteiger partial charge in [-0.25, -0.2) is 0 Å². The second-order valence-corrected chi connectivity index (χ2v) is 13.1. The Morgan fingerprint density at radius 1 is 0.412 bits per heavy atom. The van der Waals surface area contributed by atoms with Crippen molar-refractivity contribution in [3.8, 4) is 0 Å². The molecule has 0 radical (unpaired) electrons. The average molecular weight is 456 g/mol. The Kier molecular flexibility index (Phi) is 6.21. The first-order chi connectivity index (χ1) is 15.7. The monoisotopic (exact) mass is 455 g/mol. The standard InChI is InChI=1S/C31H41N3/c1-29(2,3)20-12-23-10-11-24-13-21(30(4,5)6)15-26(33-24)19-28-17-22(31(7,8)9)16-27(34-28)18-25(14-20)32-23/h12-17H,10-11,18-19H2,1-9H3. The van der Waals surface area contributed by atoms with E-state index < -0.39 is 0 Å². The lowest BCUT2D eigenvalue weighted by molar-refractivity contribution is 0.584. The number of rotatable bonds is 0. The fourth-order valence-corrected chi connectivity index (χ4v) is 4.49. The molecule has 0 N–H and O–H groups in total. The van der Waals surface area contributed by atoms with Crippen molar-refractivity contribution >= 4 is 0 Å². The van der Waals surface area contributed by atoms with Crippen LogP contribution in [0.15, 0.2) is 36.4 Å². The van der Waals surface area contributed by atoms with Crippen molar-refractivity contribution in [1.82, 2.24) is 15.0 Å². The second-order valence-electron chi connectivity index (χ2n) is 13.1. The first kappa shape index (κ1) is 24.6. The van der Waals surface area contributed by atoms with Gasteiger partial charge in [0.25, 0.3) is 0 Å². The van der Waals surface area contributed by atoms with E-state index in [1.807, 2.05) is 0 Å². The molecule has 34 heavy (non-hydrogen) atoms. The van der Waals surface area contributed by atoms with E-state index in [4.69, 9.17) is 15.0 Å². The summed E-state index contributed by atoms with van der Waals surface area (Å²) in [6.07, 6.45) is 3.31. The molecule has 0 fully saturated rings. The van der Waals surface area contributed by atoms with E-state index in [0.717, 1.165) is 59.8 Å². The van der Waals surface area contributed by atoms with Gasteiger partial charge in [0.15, 0.2) is 0 Å². The predicted molar refractivity (Wildman–Crippen MR) is 142 cm³/mol. The van der Waals surface area contributed by atoms with Crippen LogP contribution in [0.25, 0.3) is 0 Å². The fraction of sp³-hybridized carbons (Fsp3) is 0.516. The van der Waals surface area contributed by atoms with Crippen LogP contribution in [0.5, 0.6) is 0 Å². The van der Waals surface area contributed by atoms with Crippen LogP contribution in [-0.2, 0) is 41.9 Å². The van der Waals surface area contributed by atoms with Gasteiger partial charge in [-0.2, -0.15) is 0 Å². The molecule has 3 aromatic rings. The molecule has 0 atom stereocenters. The lowest BCUT2D eigenvalue weighted by Crippen LogP contribution is -2.15. The minimum Gasteiger partial charge on any atom is -0.257 e. The molecular weight excluding hydrogens is 414 g/mol. The van der Waals surface area contributed by atoms with Crippen molar-refractivity contribution < 1.29 is 0 Å². The first-order valence-electron chi connectivity index (χ1n) is 12.7. The van der Waals surface area contributed by atoms with Gasteiger partial charge in [-0.05, 0) is 82.2 Å². The molecule has 0 unspecified atom stereocenters. The van der Waals surface area contributed by atoms with E-state index in [1.165, 1.54) is 16.7 Å². The van der Waals surface area contributed by atoms with Crippen molar-refractivity contribution in [2.24, 2.45) is 0 Å². The van der Waals surface area contributed by atoms with Crippen LogP contribution in [0.2, 0.25) is 0 Å².